The minimum absolute atomic E-state index is 0.118. The third-order valence-electron chi connectivity index (χ3n) is 3.16. The molecule has 0 radical (unpaired) electrons. The van der Waals surface area contributed by atoms with Crippen LogP contribution >= 0.6 is 0 Å². The van der Waals surface area contributed by atoms with Gasteiger partial charge in [-0.2, -0.15) is 0 Å². The Morgan fingerprint density at radius 2 is 2.11 bits per heavy atom. The van der Waals surface area contributed by atoms with Gasteiger partial charge in [0.2, 0.25) is 0 Å². The number of nitrogens with zero attached hydrogens (tertiary/aromatic N) is 2. The SMILES string of the molecule is CCCCCC(C)(C)CNc1ccc([N+](=O)[O-])nc1. The smallest absolute Gasteiger partial charge is 0.363 e. The predicted molar refractivity (Wildman–Crippen MR) is 77.3 cm³/mol. The molecule has 0 amide bonds. The molecule has 5 heteroatoms. The number of rotatable bonds is 8. The molecule has 5 nitrogen and oxygen atoms in total. The van der Waals surface area contributed by atoms with Crippen LogP contribution in [-0.2, 0) is 0 Å². The van der Waals surface area contributed by atoms with Crippen molar-refractivity contribution in [3.05, 3.63) is 28.4 Å². The number of unbranched alkanes of at least 4 members (excludes halogenated alkanes) is 2. The van der Waals surface area contributed by atoms with Crippen LogP contribution in [0.4, 0.5) is 11.5 Å². The number of hydrogen-bond donors (Lipinski definition) is 1. The van der Waals surface area contributed by atoms with Crippen molar-refractivity contribution in [2.45, 2.75) is 46.5 Å². The quantitative estimate of drug-likeness (QED) is 0.438. The van der Waals surface area contributed by atoms with Crippen LogP contribution in [0, 0.1) is 15.5 Å². The first-order chi connectivity index (χ1) is 8.94. The lowest BCUT2D eigenvalue weighted by Crippen LogP contribution is -2.23. The van der Waals surface area contributed by atoms with E-state index < -0.39 is 4.92 Å². The molecule has 0 fully saturated rings. The van der Waals surface area contributed by atoms with Gasteiger partial charge in [-0.3, -0.25) is 0 Å². The van der Waals surface area contributed by atoms with Crippen LogP contribution in [0.3, 0.4) is 0 Å². The summed E-state index contributed by atoms with van der Waals surface area (Å²) in [6, 6.07) is 3.12. The Labute approximate surface area is 114 Å². The lowest BCUT2D eigenvalue weighted by Gasteiger charge is -2.25. The van der Waals surface area contributed by atoms with Crippen molar-refractivity contribution < 1.29 is 4.92 Å². The molecule has 0 atom stereocenters. The zero-order valence-corrected chi connectivity index (χ0v) is 12.0. The summed E-state index contributed by atoms with van der Waals surface area (Å²) < 4.78 is 0. The molecule has 1 rings (SSSR count). The van der Waals surface area contributed by atoms with E-state index >= 15 is 0 Å². The van der Waals surface area contributed by atoms with Gasteiger partial charge in [0.25, 0.3) is 0 Å². The van der Waals surface area contributed by atoms with Gasteiger partial charge < -0.3 is 15.4 Å². The minimum Gasteiger partial charge on any atom is -0.381 e. The number of nitrogens with one attached hydrogen (secondary N) is 1. The van der Waals surface area contributed by atoms with Crippen molar-refractivity contribution in [1.82, 2.24) is 4.98 Å². The normalized spacial score (nSPS) is 11.3. The monoisotopic (exact) mass is 265 g/mol. The fourth-order valence-electron chi connectivity index (χ4n) is 1.88. The highest BCUT2D eigenvalue weighted by Gasteiger charge is 2.17. The van der Waals surface area contributed by atoms with Crippen LogP contribution in [0.5, 0.6) is 0 Å². The van der Waals surface area contributed by atoms with Gasteiger partial charge >= 0.3 is 5.82 Å². The van der Waals surface area contributed by atoms with Crippen molar-refractivity contribution in [2.75, 3.05) is 11.9 Å². The third-order valence-corrected chi connectivity index (χ3v) is 3.16. The summed E-state index contributed by atoms with van der Waals surface area (Å²) in [4.78, 5) is 13.8. The van der Waals surface area contributed by atoms with Gasteiger partial charge in [-0.05, 0) is 27.8 Å². The van der Waals surface area contributed by atoms with Crippen LogP contribution < -0.4 is 5.32 Å². The molecule has 0 saturated carbocycles. The van der Waals surface area contributed by atoms with Gasteiger partial charge in [0.05, 0.1) is 5.69 Å². The lowest BCUT2D eigenvalue weighted by molar-refractivity contribution is -0.389. The molecule has 0 unspecified atom stereocenters. The maximum absolute atomic E-state index is 10.5. The van der Waals surface area contributed by atoms with Gasteiger partial charge in [-0.25, -0.2) is 0 Å². The summed E-state index contributed by atoms with van der Waals surface area (Å²) in [6.45, 7) is 7.51. The van der Waals surface area contributed by atoms with Gasteiger partial charge in [0.15, 0.2) is 6.20 Å². The Morgan fingerprint density at radius 3 is 2.63 bits per heavy atom. The van der Waals surface area contributed by atoms with Crippen LogP contribution in [-0.4, -0.2) is 16.5 Å². The van der Waals surface area contributed by atoms with E-state index in [0.717, 1.165) is 12.2 Å². The molecule has 106 valence electrons. The van der Waals surface area contributed by atoms with E-state index in [1.165, 1.54) is 37.9 Å². The van der Waals surface area contributed by atoms with Crippen LogP contribution in [0.1, 0.15) is 46.5 Å². The molecule has 0 aromatic carbocycles. The zero-order chi connectivity index (χ0) is 14.3. The summed E-state index contributed by atoms with van der Waals surface area (Å²) in [5.41, 5.74) is 1.05. The predicted octanol–water partition coefficient (Wildman–Crippen LogP) is 4.01. The second-order valence-electron chi connectivity index (χ2n) is 5.64. The number of aromatic nitrogens is 1. The highest BCUT2D eigenvalue weighted by Crippen LogP contribution is 2.24. The second-order valence-corrected chi connectivity index (χ2v) is 5.64. The van der Waals surface area contributed by atoms with E-state index in [4.69, 9.17) is 0 Å². The fraction of sp³-hybridized carbons (Fsp3) is 0.643. The molecule has 1 heterocycles. The highest BCUT2D eigenvalue weighted by molar-refractivity contribution is 5.43. The standard InChI is InChI=1S/C14H23N3O2/c1-4-5-6-9-14(2,3)11-16-12-7-8-13(15-10-12)17(18)19/h7-8,10,16H,4-6,9,11H2,1-3H3. The number of anilines is 1. The summed E-state index contributed by atoms with van der Waals surface area (Å²) in [5, 5.41) is 13.8. The average molecular weight is 265 g/mol. The summed E-state index contributed by atoms with van der Waals surface area (Å²) >= 11 is 0. The van der Waals surface area contributed by atoms with Gasteiger partial charge in [0.1, 0.15) is 0 Å². The number of nitro groups is 1. The first-order valence-corrected chi connectivity index (χ1v) is 6.79. The summed E-state index contributed by atoms with van der Waals surface area (Å²) in [6.07, 6.45) is 6.43. The molecule has 0 saturated heterocycles. The van der Waals surface area contributed by atoms with E-state index in [2.05, 4.69) is 31.1 Å². The van der Waals surface area contributed by atoms with Crippen molar-refractivity contribution in [3.8, 4) is 0 Å². The molecular weight excluding hydrogens is 242 g/mol. The van der Waals surface area contributed by atoms with Crippen molar-refractivity contribution >= 4 is 11.5 Å². The molecule has 1 N–H and O–H groups in total. The first kappa shape index (κ1) is 15.4. The molecule has 1 aromatic heterocycles. The largest absolute Gasteiger partial charge is 0.381 e. The number of pyridine rings is 1. The molecule has 1 aromatic rings. The maximum atomic E-state index is 10.5. The Balaban J connectivity index is 2.44. The van der Waals surface area contributed by atoms with Gasteiger partial charge in [-0.15, -0.1) is 0 Å². The van der Waals surface area contributed by atoms with E-state index in [9.17, 15) is 10.1 Å². The molecule has 0 aliphatic heterocycles. The lowest BCUT2D eigenvalue weighted by atomic mass is 9.87. The molecule has 19 heavy (non-hydrogen) atoms. The minimum atomic E-state index is -0.488. The van der Waals surface area contributed by atoms with Crippen molar-refractivity contribution in [1.29, 1.82) is 0 Å². The Morgan fingerprint density at radius 1 is 1.37 bits per heavy atom. The molecule has 0 spiro atoms. The Bertz CT molecular complexity index is 402. The zero-order valence-electron chi connectivity index (χ0n) is 12.0. The maximum Gasteiger partial charge on any atom is 0.363 e. The van der Waals surface area contributed by atoms with Crippen molar-refractivity contribution in [3.63, 3.8) is 0 Å². The fourth-order valence-corrected chi connectivity index (χ4v) is 1.88. The van der Waals surface area contributed by atoms with E-state index in [-0.39, 0.29) is 11.2 Å². The molecule has 0 aliphatic rings. The third kappa shape index (κ3) is 5.68. The Hall–Kier alpha value is -1.65. The Kier molecular flexibility index (Phi) is 5.73. The van der Waals surface area contributed by atoms with E-state index in [1.807, 2.05) is 0 Å². The molecular formula is C14H23N3O2. The number of hydrogen-bond acceptors (Lipinski definition) is 4. The van der Waals surface area contributed by atoms with Gasteiger partial charge in [0, 0.05) is 12.6 Å². The van der Waals surface area contributed by atoms with Gasteiger partial charge in [-0.1, -0.05) is 40.0 Å². The average Bonchev–Trinajstić information content (AvgIpc) is 2.37. The van der Waals surface area contributed by atoms with Crippen LogP contribution in [0.25, 0.3) is 0 Å². The van der Waals surface area contributed by atoms with Crippen LogP contribution in [0.15, 0.2) is 18.3 Å². The molecule has 0 aliphatic carbocycles. The second kappa shape index (κ2) is 7.07. The topological polar surface area (TPSA) is 68.1 Å². The highest BCUT2D eigenvalue weighted by atomic mass is 16.6. The van der Waals surface area contributed by atoms with E-state index in [0.29, 0.717) is 0 Å². The molecule has 0 bridgehead atoms. The summed E-state index contributed by atoms with van der Waals surface area (Å²) in [5.74, 6) is -0.118. The summed E-state index contributed by atoms with van der Waals surface area (Å²) in [7, 11) is 0. The van der Waals surface area contributed by atoms with Crippen LogP contribution in [0.2, 0.25) is 0 Å². The van der Waals surface area contributed by atoms with Crippen molar-refractivity contribution in [2.24, 2.45) is 5.41 Å². The first-order valence-electron chi connectivity index (χ1n) is 6.79. The van der Waals surface area contributed by atoms with E-state index in [1.54, 1.807) is 6.07 Å².